The van der Waals surface area contributed by atoms with E-state index in [2.05, 4.69) is 15.8 Å². The van der Waals surface area contributed by atoms with Crippen LogP contribution < -0.4 is 10.9 Å². The molecule has 1 aromatic heterocycles. The van der Waals surface area contributed by atoms with Crippen molar-refractivity contribution in [2.24, 2.45) is 0 Å². The minimum Gasteiger partial charge on any atom is -0.361 e. The van der Waals surface area contributed by atoms with Gasteiger partial charge in [-0.15, -0.1) is 0 Å². The van der Waals surface area contributed by atoms with E-state index >= 15 is 0 Å². The van der Waals surface area contributed by atoms with E-state index in [-0.39, 0.29) is 18.2 Å². The topological polar surface area (TPSA) is 74.0 Å². The molecule has 94 valence electrons. The second-order valence-corrected chi connectivity index (χ2v) is 3.99. The maximum atomic E-state index is 11.6. The van der Waals surface area contributed by atoms with Gasteiger partial charge >= 0.3 is 0 Å². The van der Waals surface area contributed by atoms with Crippen LogP contribution in [0.25, 0.3) is 10.9 Å². The van der Waals surface area contributed by atoms with Crippen molar-refractivity contribution in [1.29, 1.82) is 0 Å². The van der Waals surface area contributed by atoms with Crippen LogP contribution in [0.1, 0.15) is 18.9 Å². The average Bonchev–Trinajstić information content (AvgIpc) is 2.79. The zero-order valence-electron chi connectivity index (χ0n) is 10.1. The van der Waals surface area contributed by atoms with Crippen LogP contribution in [-0.2, 0) is 16.0 Å². The number of hydrazine groups is 1. The van der Waals surface area contributed by atoms with E-state index in [9.17, 15) is 9.59 Å². The summed E-state index contributed by atoms with van der Waals surface area (Å²) in [7, 11) is 0. The van der Waals surface area contributed by atoms with Crippen LogP contribution in [0.15, 0.2) is 30.5 Å². The van der Waals surface area contributed by atoms with E-state index in [0.29, 0.717) is 6.42 Å². The Bertz CT molecular complexity index is 574. The van der Waals surface area contributed by atoms with E-state index < -0.39 is 0 Å². The smallest absolute Gasteiger partial charge is 0.242 e. The Balaban J connectivity index is 2.01. The molecule has 0 bridgehead atoms. The number of hydrogen-bond acceptors (Lipinski definition) is 2. The summed E-state index contributed by atoms with van der Waals surface area (Å²) in [5, 5.41) is 1.02. The van der Waals surface area contributed by atoms with Crippen molar-refractivity contribution in [3.05, 3.63) is 36.0 Å². The number of para-hydroxylation sites is 1. The van der Waals surface area contributed by atoms with Crippen molar-refractivity contribution in [3.8, 4) is 0 Å². The van der Waals surface area contributed by atoms with Gasteiger partial charge in [-0.25, -0.2) is 0 Å². The molecule has 0 aliphatic carbocycles. The first kappa shape index (κ1) is 12.2. The molecule has 3 N–H and O–H groups in total. The Morgan fingerprint density at radius 3 is 2.67 bits per heavy atom. The highest BCUT2D eigenvalue weighted by atomic mass is 16.2. The Morgan fingerprint density at radius 2 is 1.89 bits per heavy atom. The standard InChI is InChI=1S/C13H15N3O2/c1-2-12(17)15-16-13(18)7-9-8-14-11-6-4-3-5-10(9)11/h3-6,8,14H,2,7H2,1H3,(H,15,17)(H,16,18). The van der Waals surface area contributed by atoms with Gasteiger partial charge in [0.2, 0.25) is 11.8 Å². The third kappa shape index (κ3) is 2.68. The number of carbonyl (C=O) groups excluding carboxylic acids is 2. The quantitative estimate of drug-likeness (QED) is 0.712. The summed E-state index contributed by atoms with van der Waals surface area (Å²) in [6.45, 7) is 1.72. The molecule has 0 saturated heterocycles. The number of hydrogen-bond donors (Lipinski definition) is 3. The van der Waals surface area contributed by atoms with Gasteiger partial charge in [-0.05, 0) is 11.6 Å². The molecule has 0 unspecified atom stereocenters. The van der Waals surface area contributed by atoms with E-state index in [1.54, 1.807) is 6.92 Å². The van der Waals surface area contributed by atoms with Gasteiger partial charge in [-0.3, -0.25) is 20.4 Å². The maximum absolute atomic E-state index is 11.6. The Hall–Kier alpha value is -2.30. The van der Waals surface area contributed by atoms with Crippen LogP contribution >= 0.6 is 0 Å². The Morgan fingerprint density at radius 1 is 1.17 bits per heavy atom. The molecule has 1 aromatic carbocycles. The molecule has 0 fully saturated rings. The number of rotatable bonds is 3. The predicted octanol–water partition coefficient (Wildman–Crippen LogP) is 1.27. The molecule has 5 heteroatoms. The van der Waals surface area contributed by atoms with E-state index in [4.69, 9.17) is 0 Å². The summed E-state index contributed by atoms with van der Waals surface area (Å²) in [6.07, 6.45) is 2.38. The zero-order valence-corrected chi connectivity index (χ0v) is 10.1. The van der Waals surface area contributed by atoms with Crippen molar-refractivity contribution in [2.75, 3.05) is 0 Å². The van der Waals surface area contributed by atoms with Crippen LogP contribution in [0, 0.1) is 0 Å². The van der Waals surface area contributed by atoms with Gasteiger partial charge in [0, 0.05) is 23.5 Å². The first-order valence-electron chi connectivity index (χ1n) is 5.83. The Labute approximate surface area is 105 Å². The highest BCUT2D eigenvalue weighted by molar-refractivity contribution is 5.89. The summed E-state index contributed by atoms with van der Waals surface area (Å²) in [5.41, 5.74) is 6.64. The largest absolute Gasteiger partial charge is 0.361 e. The van der Waals surface area contributed by atoms with Crippen molar-refractivity contribution in [1.82, 2.24) is 15.8 Å². The number of benzene rings is 1. The fourth-order valence-electron chi connectivity index (χ4n) is 1.72. The van der Waals surface area contributed by atoms with Crippen LogP contribution in [-0.4, -0.2) is 16.8 Å². The number of carbonyl (C=O) groups is 2. The summed E-state index contributed by atoms with van der Waals surface area (Å²) in [4.78, 5) is 25.7. The first-order valence-corrected chi connectivity index (χ1v) is 5.83. The van der Waals surface area contributed by atoms with Crippen LogP contribution in [0.2, 0.25) is 0 Å². The lowest BCUT2D eigenvalue weighted by atomic mass is 10.1. The number of amides is 2. The zero-order chi connectivity index (χ0) is 13.0. The lowest BCUT2D eigenvalue weighted by Gasteiger charge is -2.05. The van der Waals surface area contributed by atoms with Crippen molar-refractivity contribution >= 4 is 22.7 Å². The minimum atomic E-state index is -0.235. The summed E-state index contributed by atoms with van der Waals surface area (Å²) in [5.74, 6) is -0.441. The highest BCUT2D eigenvalue weighted by Crippen LogP contribution is 2.17. The molecule has 0 aliphatic rings. The van der Waals surface area contributed by atoms with Crippen LogP contribution in [0.4, 0.5) is 0 Å². The molecule has 1 heterocycles. The molecule has 5 nitrogen and oxygen atoms in total. The fraction of sp³-hybridized carbons (Fsp3) is 0.231. The number of fused-ring (bicyclic) bond motifs is 1. The molecule has 2 rings (SSSR count). The molecule has 18 heavy (non-hydrogen) atoms. The van der Waals surface area contributed by atoms with Crippen LogP contribution in [0.5, 0.6) is 0 Å². The maximum Gasteiger partial charge on any atom is 0.242 e. The average molecular weight is 245 g/mol. The van der Waals surface area contributed by atoms with Crippen LogP contribution in [0.3, 0.4) is 0 Å². The third-order valence-corrected chi connectivity index (χ3v) is 2.69. The highest BCUT2D eigenvalue weighted by Gasteiger charge is 2.08. The molecule has 0 radical (unpaired) electrons. The molecule has 0 spiro atoms. The fourth-order valence-corrected chi connectivity index (χ4v) is 1.72. The number of aromatic nitrogens is 1. The van der Waals surface area contributed by atoms with Gasteiger partial charge in [0.05, 0.1) is 6.42 Å². The van der Waals surface area contributed by atoms with E-state index in [0.717, 1.165) is 16.5 Å². The van der Waals surface area contributed by atoms with Crippen molar-refractivity contribution in [2.45, 2.75) is 19.8 Å². The normalized spacial score (nSPS) is 10.3. The van der Waals surface area contributed by atoms with E-state index in [1.165, 1.54) is 0 Å². The summed E-state index contributed by atoms with van der Waals surface area (Å²) < 4.78 is 0. The molecular formula is C13H15N3O2. The van der Waals surface area contributed by atoms with Gasteiger partial charge in [0.25, 0.3) is 0 Å². The monoisotopic (exact) mass is 245 g/mol. The summed E-state index contributed by atoms with van der Waals surface area (Å²) >= 11 is 0. The molecule has 2 amide bonds. The second kappa shape index (κ2) is 5.35. The first-order chi connectivity index (χ1) is 8.70. The lowest BCUT2D eigenvalue weighted by Crippen LogP contribution is -2.42. The minimum absolute atomic E-state index is 0.206. The van der Waals surface area contributed by atoms with Crippen molar-refractivity contribution in [3.63, 3.8) is 0 Å². The van der Waals surface area contributed by atoms with Crippen molar-refractivity contribution < 1.29 is 9.59 Å². The molecular weight excluding hydrogens is 230 g/mol. The third-order valence-electron chi connectivity index (χ3n) is 2.69. The number of nitrogens with one attached hydrogen (secondary N) is 3. The van der Waals surface area contributed by atoms with Gasteiger partial charge < -0.3 is 4.98 Å². The molecule has 0 aliphatic heterocycles. The van der Waals surface area contributed by atoms with Gasteiger partial charge in [-0.2, -0.15) is 0 Å². The van der Waals surface area contributed by atoms with E-state index in [1.807, 2.05) is 30.5 Å². The van der Waals surface area contributed by atoms with Gasteiger partial charge in [0.1, 0.15) is 0 Å². The molecule has 0 saturated carbocycles. The predicted molar refractivity (Wildman–Crippen MR) is 68.6 cm³/mol. The number of aromatic amines is 1. The lowest BCUT2D eigenvalue weighted by molar-refractivity contribution is -0.128. The summed E-state index contributed by atoms with van der Waals surface area (Å²) in [6, 6.07) is 7.77. The Kier molecular flexibility index (Phi) is 3.62. The SMILES string of the molecule is CCC(=O)NNC(=O)Cc1c[nH]c2ccccc12. The molecule has 2 aromatic rings. The molecule has 0 atom stereocenters. The van der Waals surface area contributed by atoms with Gasteiger partial charge in [0.15, 0.2) is 0 Å². The second-order valence-electron chi connectivity index (χ2n) is 3.99. The number of H-pyrrole nitrogens is 1. The van der Waals surface area contributed by atoms with Gasteiger partial charge in [-0.1, -0.05) is 25.1 Å².